The van der Waals surface area contributed by atoms with Crippen LogP contribution in [-0.4, -0.2) is 44.5 Å². The number of guanidine groups is 1. The number of hydrogen-bond acceptors (Lipinski definition) is 7. The number of nitriles is 1. The molecule has 1 saturated heterocycles. The first kappa shape index (κ1) is 34.1. The van der Waals surface area contributed by atoms with Gasteiger partial charge in [-0.25, -0.2) is 4.79 Å². The van der Waals surface area contributed by atoms with Crippen molar-refractivity contribution in [3.8, 4) is 11.9 Å². The Morgan fingerprint density at radius 3 is 2.49 bits per heavy atom. The van der Waals surface area contributed by atoms with Gasteiger partial charge in [-0.15, -0.1) is 12.4 Å². The number of nitrogens with one attached hydrogen (secondary N) is 3. The van der Waals surface area contributed by atoms with Crippen molar-refractivity contribution < 1.29 is 36.0 Å². The number of nitrogens with zero attached hydrogens (tertiary/aromatic N) is 3. The fraction of sp³-hybridized carbons (Fsp3) is 0.462. The first-order valence-electron chi connectivity index (χ1n) is 12.5. The maximum absolute atomic E-state index is 11.9. The van der Waals surface area contributed by atoms with E-state index in [0.717, 1.165) is 63.1 Å². The summed E-state index contributed by atoms with van der Waals surface area (Å²) in [7, 11) is 0. The Bertz CT molecular complexity index is 1030. The third-order valence-electron chi connectivity index (χ3n) is 5.61. The van der Waals surface area contributed by atoms with E-state index in [1.165, 1.54) is 0 Å². The first-order valence-corrected chi connectivity index (χ1v) is 12.9. The minimum atomic E-state index is -0.664. The van der Waals surface area contributed by atoms with Gasteiger partial charge in [-0.05, 0) is 69.5 Å². The topological polar surface area (TPSA) is 121 Å². The summed E-state index contributed by atoms with van der Waals surface area (Å²) in [5.41, 5.74) is 0.745. The summed E-state index contributed by atoms with van der Waals surface area (Å²) >= 11 is 5.87. The molecule has 1 aliphatic heterocycles. The van der Waals surface area contributed by atoms with E-state index in [9.17, 15) is 4.79 Å². The van der Waals surface area contributed by atoms with Crippen molar-refractivity contribution in [2.24, 2.45) is 4.99 Å². The van der Waals surface area contributed by atoms with Gasteiger partial charge in [0.2, 0.25) is 5.96 Å². The zero-order chi connectivity index (χ0) is 26.1. The highest BCUT2D eigenvalue weighted by molar-refractivity contribution is 6.30. The number of rotatable bonds is 12. The van der Waals surface area contributed by atoms with E-state index in [-0.39, 0.29) is 37.6 Å². The molecule has 2 heterocycles. The van der Waals surface area contributed by atoms with Crippen LogP contribution in [0.4, 0.5) is 10.5 Å². The van der Waals surface area contributed by atoms with Gasteiger partial charge < -0.3 is 37.3 Å². The Kier molecular flexibility index (Phi) is 17.5. The van der Waals surface area contributed by atoms with Crippen molar-refractivity contribution in [1.29, 1.82) is 5.26 Å². The van der Waals surface area contributed by atoms with Crippen molar-refractivity contribution in [3.05, 3.63) is 53.8 Å². The monoisotopic (exact) mass is 600 g/mol. The van der Waals surface area contributed by atoms with Crippen LogP contribution in [0.15, 0.2) is 53.8 Å². The number of piperidine rings is 1. The lowest BCUT2D eigenvalue weighted by molar-refractivity contribution is -0.727. The average molecular weight is 602 g/mol. The molecule has 1 fully saturated rings. The number of hydrogen-bond donors (Lipinski definition) is 3. The number of unbranched alkanes of at least 4 members (excludes halogenated alkanes) is 3. The largest absolute Gasteiger partial charge is 1.00 e. The van der Waals surface area contributed by atoms with Crippen LogP contribution < -0.4 is 37.7 Å². The molecule has 0 aliphatic carbocycles. The SMILES string of the molecule is Cl.N#CNC(=NCCCCCCOc1ccc(Cl)cc1)Nc1cc[n+](COC(=O)OC2CCNCC2)cc1.[Cl-]. The number of aliphatic imine (C=N–C) groups is 1. The van der Waals surface area contributed by atoms with Gasteiger partial charge in [-0.2, -0.15) is 9.83 Å². The lowest BCUT2D eigenvalue weighted by Gasteiger charge is -2.21. The van der Waals surface area contributed by atoms with Gasteiger partial charge >= 0.3 is 6.16 Å². The molecular formula is C26H35Cl3N6O4. The second-order valence-electron chi connectivity index (χ2n) is 8.50. The van der Waals surface area contributed by atoms with E-state index in [2.05, 4.69) is 20.9 Å². The highest BCUT2D eigenvalue weighted by Gasteiger charge is 2.19. The van der Waals surface area contributed by atoms with Gasteiger partial charge in [0.05, 0.1) is 12.3 Å². The van der Waals surface area contributed by atoms with Gasteiger partial charge in [-0.3, -0.25) is 10.3 Å². The summed E-state index contributed by atoms with van der Waals surface area (Å²) in [5.74, 6) is 1.20. The maximum atomic E-state index is 11.9. The summed E-state index contributed by atoms with van der Waals surface area (Å²) < 4.78 is 17.9. The Hall–Kier alpha value is -2.97. The minimum absolute atomic E-state index is 0. The van der Waals surface area contributed by atoms with Gasteiger partial charge in [-0.1, -0.05) is 18.0 Å². The molecule has 10 nitrogen and oxygen atoms in total. The van der Waals surface area contributed by atoms with Crippen LogP contribution in [-0.2, 0) is 16.2 Å². The molecule has 0 amide bonds. The molecule has 0 atom stereocenters. The third kappa shape index (κ3) is 14.1. The number of anilines is 1. The Balaban J connectivity index is 0.00000380. The molecule has 0 radical (unpaired) electrons. The lowest BCUT2D eigenvalue weighted by atomic mass is 10.1. The van der Waals surface area contributed by atoms with E-state index in [4.69, 9.17) is 31.1 Å². The molecule has 1 aliphatic rings. The average Bonchev–Trinajstić information content (AvgIpc) is 2.91. The molecule has 2 aromatic rings. The zero-order valence-electron chi connectivity index (χ0n) is 21.6. The smallest absolute Gasteiger partial charge is 0.513 e. The number of aromatic nitrogens is 1. The molecule has 214 valence electrons. The highest BCUT2D eigenvalue weighted by atomic mass is 35.5. The Labute approximate surface area is 246 Å². The number of benzene rings is 1. The Morgan fingerprint density at radius 1 is 1.10 bits per heavy atom. The fourth-order valence-electron chi connectivity index (χ4n) is 3.62. The quantitative estimate of drug-likeness (QED) is 0.0635. The van der Waals surface area contributed by atoms with E-state index in [0.29, 0.717) is 24.1 Å². The second kappa shape index (κ2) is 20.0. The molecule has 1 aromatic carbocycles. The first-order chi connectivity index (χ1) is 18.1. The van der Waals surface area contributed by atoms with Crippen LogP contribution in [0.25, 0.3) is 0 Å². The number of halogens is 3. The van der Waals surface area contributed by atoms with Crippen LogP contribution >= 0.6 is 24.0 Å². The molecule has 0 saturated carbocycles. The number of carbonyl (C=O) groups is 1. The van der Waals surface area contributed by atoms with Gasteiger partial charge in [0.25, 0.3) is 6.73 Å². The van der Waals surface area contributed by atoms with Crippen LogP contribution in [0.5, 0.6) is 5.75 Å². The number of carbonyl (C=O) groups excluding carboxylic acids is 1. The van der Waals surface area contributed by atoms with Gasteiger partial charge in [0.15, 0.2) is 18.6 Å². The van der Waals surface area contributed by atoms with E-state index in [1.54, 1.807) is 29.1 Å². The maximum Gasteiger partial charge on any atom is 0.513 e. The highest BCUT2D eigenvalue weighted by Crippen LogP contribution is 2.16. The summed E-state index contributed by atoms with van der Waals surface area (Å²) in [4.78, 5) is 16.3. The lowest BCUT2D eigenvalue weighted by Crippen LogP contribution is -3.00. The number of ether oxygens (including phenoxy) is 3. The third-order valence-corrected chi connectivity index (χ3v) is 5.87. The van der Waals surface area contributed by atoms with Crippen molar-refractivity contribution >= 4 is 41.8 Å². The van der Waals surface area contributed by atoms with Crippen molar-refractivity contribution in [2.45, 2.75) is 51.4 Å². The predicted octanol–water partition coefficient (Wildman–Crippen LogP) is 1.39. The van der Waals surface area contributed by atoms with Gasteiger partial charge in [0.1, 0.15) is 11.9 Å². The van der Waals surface area contributed by atoms with Gasteiger partial charge in [0, 0.05) is 23.7 Å². The zero-order valence-corrected chi connectivity index (χ0v) is 23.9. The molecule has 0 spiro atoms. The molecule has 3 rings (SSSR count). The summed E-state index contributed by atoms with van der Waals surface area (Å²) in [6, 6.07) is 11.0. The predicted molar refractivity (Wildman–Crippen MR) is 147 cm³/mol. The molecular weight excluding hydrogens is 567 g/mol. The summed E-state index contributed by atoms with van der Waals surface area (Å²) in [6.45, 7) is 2.98. The number of pyridine rings is 1. The standard InChI is InChI=1S/C26H33ClN6O4.2ClH/c27-21-5-7-23(8-6-21)35-18-4-2-1-3-13-30-25(31-19-28)32-22-11-16-33(17-12-22)20-36-26(34)37-24-9-14-29-15-10-24;;/h5-8,11-12,16-17,24,29H,1-4,9-10,13-15,18,20H2,(H,30,31);2*1H. The van der Waals surface area contributed by atoms with Crippen molar-refractivity contribution in [2.75, 3.05) is 31.6 Å². The summed E-state index contributed by atoms with van der Waals surface area (Å²) in [6.07, 6.45) is 10.2. The minimum Gasteiger partial charge on any atom is -1.00 e. The molecule has 39 heavy (non-hydrogen) atoms. The van der Waals surface area contributed by atoms with Crippen molar-refractivity contribution in [1.82, 2.24) is 10.6 Å². The molecule has 1 aromatic heterocycles. The van der Waals surface area contributed by atoms with Crippen LogP contribution in [0.2, 0.25) is 5.02 Å². The molecule has 0 unspecified atom stereocenters. The van der Waals surface area contributed by atoms with Crippen LogP contribution in [0, 0.1) is 11.5 Å². The molecule has 0 bridgehead atoms. The van der Waals surface area contributed by atoms with E-state index >= 15 is 0 Å². The van der Waals surface area contributed by atoms with Crippen molar-refractivity contribution in [3.63, 3.8) is 0 Å². The normalized spacial score (nSPS) is 13.2. The molecule has 3 N–H and O–H groups in total. The van der Waals surface area contributed by atoms with E-state index in [1.807, 2.05) is 30.5 Å². The fourth-order valence-corrected chi connectivity index (χ4v) is 3.74. The molecule has 13 heteroatoms. The van der Waals surface area contributed by atoms with Crippen LogP contribution in [0.1, 0.15) is 38.5 Å². The van der Waals surface area contributed by atoms with E-state index < -0.39 is 6.16 Å². The van der Waals surface area contributed by atoms with Crippen LogP contribution in [0.3, 0.4) is 0 Å². The summed E-state index contributed by atoms with van der Waals surface area (Å²) in [5, 5.41) is 18.6. The second-order valence-corrected chi connectivity index (χ2v) is 8.94. The Morgan fingerprint density at radius 2 is 1.79 bits per heavy atom.